The van der Waals surface area contributed by atoms with E-state index < -0.39 is 34.4 Å². The van der Waals surface area contributed by atoms with Gasteiger partial charge >= 0.3 is 0 Å². The smallest absolute Gasteiger partial charge is 0.182 e. The third kappa shape index (κ3) is 2.37. The fourth-order valence-corrected chi connectivity index (χ4v) is 10.3. The average molecular weight is 481 g/mol. The zero-order valence-electron chi connectivity index (χ0n) is 20.9. The molecule has 4 aliphatic carbocycles. The molecule has 4 saturated carbocycles. The number of aliphatic imine (C=N–C) groups is 1. The first-order valence-corrected chi connectivity index (χ1v) is 12.7. The molecule has 0 aromatic carbocycles. The molecule has 1 unspecified atom stereocenters. The van der Waals surface area contributed by atoms with Crippen molar-refractivity contribution in [3.05, 3.63) is 0 Å². The summed E-state index contributed by atoms with van der Waals surface area (Å²) in [5.74, 6) is -0.681. The lowest BCUT2D eigenvalue weighted by Gasteiger charge is -2.70. The van der Waals surface area contributed by atoms with E-state index in [0.717, 1.165) is 6.54 Å². The molecule has 9 heteroatoms. The van der Waals surface area contributed by atoms with Gasteiger partial charge in [-0.1, -0.05) is 6.92 Å². The second-order valence-corrected chi connectivity index (χ2v) is 11.8. The Bertz CT molecular complexity index is 874. The number of ether oxygens (including phenoxy) is 4. The highest BCUT2D eigenvalue weighted by Crippen LogP contribution is 2.77. The molecule has 13 atom stereocenters. The highest BCUT2D eigenvalue weighted by molar-refractivity contribution is 5.68. The predicted molar refractivity (Wildman–Crippen MR) is 122 cm³/mol. The van der Waals surface area contributed by atoms with Crippen molar-refractivity contribution in [3.8, 4) is 0 Å². The first kappa shape index (κ1) is 23.7. The molecule has 0 aromatic rings. The quantitative estimate of drug-likeness (QED) is 0.484. The van der Waals surface area contributed by atoms with Crippen molar-refractivity contribution in [2.75, 3.05) is 48.1 Å². The number of aliphatic hydroxyl groups is 3. The normalized spacial score (nSPS) is 59.4. The summed E-state index contributed by atoms with van der Waals surface area (Å²) in [5, 5.41) is 36.1. The lowest BCUT2D eigenvalue weighted by atomic mass is 9.42. The van der Waals surface area contributed by atoms with E-state index in [-0.39, 0.29) is 41.9 Å². The van der Waals surface area contributed by atoms with Crippen LogP contribution in [0.2, 0.25) is 0 Å². The fraction of sp³-hybridized carbons (Fsp3) is 0.960. The number of fused-ring (bicyclic) bond motifs is 1. The van der Waals surface area contributed by atoms with Gasteiger partial charge in [0, 0.05) is 95.1 Å². The van der Waals surface area contributed by atoms with Crippen LogP contribution in [0.25, 0.3) is 0 Å². The van der Waals surface area contributed by atoms with E-state index >= 15 is 0 Å². The number of piperidine rings is 1. The summed E-state index contributed by atoms with van der Waals surface area (Å²) in [7, 11) is 6.74. The summed E-state index contributed by atoms with van der Waals surface area (Å²) >= 11 is 0. The van der Waals surface area contributed by atoms with Gasteiger partial charge in [-0.05, 0) is 12.5 Å². The van der Waals surface area contributed by atoms with Crippen LogP contribution in [0.3, 0.4) is 0 Å². The molecule has 3 aliphatic heterocycles. The van der Waals surface area contributed by atoms with E-state index in [4.69, 9.17) is 18.9 Å². The standard InChI is InChI=1S/C25H40N2O7/c1-6-27-11-22(12-31-2)15(28)7-16(32-3)25-13-8-24(30)17(33-4)9-23(29,14(13)10-26-24)18(21(25)27)19(34-5)20(22)25/h10,13-21,28-30H,6-9,11-12H2,1-5H3/t13-,14+,15?,16+,17+,18+,19+,20-,21-,22-,23-,24+,25+/m1/s1. The maximum Gasteiger partial charge on any atom is 0.182 e. The number of methoxy groups -OCH3 is 4. The molecule has 34 heavy (non-hydrogen) atoms. The lowest BCUT2D eigenvalue weighted by molar-refractivity contribution is -0.289. The van der Waals surface area contributed by atoms with E-state index in [1.165, 1.54) is 0 Å². The molecule has 9 bridgehead atoms. The molecular weight excluding hydrogens is 440 g/mol. The van der Waals surface area contributed by atoms with Crippen LogP contribution in [0.15, 0.2) is 4.99 Å². The van der Waals surface area contributed by atoms with Crippen molar-refractivity contribution >= 4 is 6.21 Å². The molecule has 0 aromatic heterocycles. The molecule has 7 aliphatic rings. The maximum atomic E-state index is 12.7. The Balaban J connectivity index is 1.67. The van der Waals surface area contributed by atoms with Gasteiger partial charge < -0.3 is 34.3 Å². The third-order valence-corrected chi connectivity index (χ3v) is 11.1. The molecule has 5 fully saturated rings. The topological polar surface area (TPSA) is 113 Å². The summed E-state index contributed by atoms with van der Waals surface area (Å²) < 4.78 is 24.2. The Morgan fingerprint density at radius 3 is 2.41 bits per heavy atom. The monoisotopic (exact) mass is 480 g/mol. The van der Waals surface area contributed by atoms with Crippen molar-refractivity contribution in [2.24, 2.45) is 39.5 Å². The van der Waals surface area contributed by atoms with E-state index in [1.54, 1.807) is 34.7 Å². The van der Waals surface area contributed by atoms with Gasteiger partial charge in [0.15, 0.2) is 5.72 Å². The molecule has 0 radical (unpaired) electrons. The van der Waals surface area contributed by atoms with Crippen LogP contribution in [-0.2, 0) is 18.9 Å². The van der Waals surface area contributed by atoms with Crippen molar-refractivity contribution in [1.82, 2.24) is 4.90 Å². The van der Waals surface area contributed by atoms with Gasteiger partial charge in [-0.25, -0.2) is 0 Å². The zero-order chi connectivity index (χ0) is 24.3. The molecule has 1 spiro atoms. The first-order chi connectivity index (χ1) is 16.2. The highest BCUT2D eigenvalue weighted by atomic mass is 16.5. The minimum atomic E-state index is -1.40. The van der Waals surface area contributed by atoms with Crippen molar-refractivity contribution in [2.45, 2.75) is 68.0 Å². The highest BCUT2D eigenvalue weighted by Gasteiger charge is 2.86. The summed E-state index contributed by atoms with van der Waals surface area (Å²) in [5.41, 5.74) is -3.56. The van der Waals surface area contributed by atoms with E-state index in [2.05, 4.69) is 16.8 Å². The molecule has 1 saturated heterocycles. The lowest BCUT2D eigenvalue weighted by Crippen LogP contribution is -2.78. The summed E-state index contributed by atoms with van der Waals surface area (Å²) in [6.07, 6.45) is 1.22. The number of likely N-dealkylation sites (tertiary alicyclic amines) is 1. The Morgan fingerprint density at radius 1 is 1.06 bits per heavy atom. The van der Waals surface area contributed by atoms with E-state index in [1.807, 2.05) is 0 Å². The number of hydrogen-bond acceptors (Lipinski definition) is 9. The van der Waals surface area contributed by atoms with Gasteiger partial charge in [0.05, 0.1) is 30.5 Å². The fourth-order valence-electron chi connectivity index (χ4n) is 10.3. The molecule has 7 rings (SSSR count). The Kier molecular flexibility index (Phi) is 5.20. The Labute approximate surface area is 201 Å². The van der Waals surface area contributed by atoms with Gasteiger partial charge in [0.2, 0.25) is 0 Å². The summed E-state index contributed by atoms with van der Waals surface area (Å²) in [4.78, 5) is 7.02. The van der Waals surface area contributed by atoms with Crippen LogP contribution in [-0.4, -0.2) is 116 Å². The molecular formula is C25H40N2O7. The molecule has 9 nitrogen and oxygen atoms in total. The average Bonchev–Trinajstić information content (AvgIpc) is 2.90. The van der Waals surface area contributed by atoms with Gasteiger partial charge in [0.25, 0.3) is 0 Å². The number of nitrogens with zero attached hydrogens (tertiary/aromatic N) is 2. The second kappa shape index (κ2) is 7.44. The molecule has 0 amide bonds. The van der Waals surface area contributed by atoms with Crippen LogP contribution in [0.5, 0.6) is 0 Å². The minimum Gasteiger partial charge on any atom is -0.392 e. The SMILES string of the molecule is CCN1C[C@@]2(COC)C(O)C[C@H](OC)[C@@]34[C@@H]5C[C@@]6(O)N=C[C@@H]5[C@](O)(C[C@@H]6OC)[C@@H]([C@H](OC)[C@H]23)[C@@H]14. The number of rotatable bonds is 6. The Hall–Kier alpha value is -0.650. The van der Waals surface area contributed by atoms with Crippen LogP contribution in [0.4, 0.5) is 0 Å². The van der Waals surface area contributed by atoms with Crippen LogP contribution >= 0.6 is 0 Å². The van der Waals surface area contributed by atoms with Gasteiger partial charge in [0.1, 0.15) is 6.10 Å². The summed E-state index contributed by atoms with van der Waals surface area (Å²) in [6.45, 7) is 4.01. The maximum absolute atomic E-state index is 12.7. The second-order valence-electron chi connectivity index (χ2n) is 11.8. The number of hydrogen-bond donors (Lipinski definition) is 3. The number of aliphatic hydroxyl groups excluding tert-OH is 1. The van der Waals surface area contributed by atoms with Crippen molar-refractivity contribution < 1.29 is 34.3 Å². The molecule has 192 valence electrons. The Morgan fingerprint density at radius 2 is 1.79 bits per heavy atom. The largest absolute Gasteiger partial charge is 0.392 e. The van der Waals surface area contributed by atoms with Crippen LogP contribution in [0, 0.1) is 34.5 Å². The van der Waals surface area contributed by atoms with Gasteiger partial charge in [-0.2, -0.15) is 0 Å². The first-order valence-electron chi connectivity index (χ1n) is 12.7. The van der Waals surface area contributed by atoms with Crippen LogP contribution in [0.1, 0.15) is 26.2 Å². The van der Waals surface area contributed by atoms with Crippen LogP contribution < -0.4 is 0 Å². The summed E-state index contributed by atoms with van der Waals surface area (Å²) in [6, 6.07) is -0.00696. The van der Waals surface area contributed by atoms with Crippen molar-refractivity contribution in [3.63, 3.8) is 0 Å². The van der Waals surface area contributed by atoms with Gasteiger partial charge in [-0.15, -0.1) is 0 Å². The molecule has 3 N–H and O–H groups in total. The third-order valence-electron chi connectivity index (χ3n) is 11.1. The van der Waals surface area contributed by atoms with Crippen molar-refractivity contribution in [1.29, 1.82) is 0 Å². The van der Waals surface area contributed by atoms with E-state index in [9.17, 15) is 15.3 Å². The predicted octanol–water partition coefficient (Wildman–Crippen LogP) is -0.0908. The molecule has 3 heterocycles. The van der Waals surface area contributed by atoms with Gasteiger partial charge in [-0.3, -0.25) is 9.89 Å². The van der Waals surface area contributed by atoms with E-state index in [0.29, 0.717) is 32.4 Å². The minimum absolute atomic E-state index is 0.00696. The zero-order valence-corrected chi connectivity index (χ0v) is 20.9.